The molecule has 9 rings (SSSR count). The summed E-state index contributed by atoms with van der Waals surface area (Å²) in [5.41, 5.74) is 17.4. The molecule has 0 radical (unpaired) electrons. The monoisotopic (exact) mass is 690 g/mol. The van der Waals surface area contributed by atoms with Crippen molar-refractivity contribution < 1.29 is 0 Å². The van der Waals surface area contributed by atoms with Crippen LogP contribution in [0.25, 0.3) is 10.8 Å². The lowest BCUT2D eigenvalue weighted by Crippen LogP contribution is -2.62. The van der Waals surface area contributed by atoms with Crippen molar-refractivity contribution in [1.29, 1.82) is 0 Å². The van der Waals surface area contributed by atoms with E-state index in [2.05, 4.69) is 200 Å². The van der Waals surface area contributed by atoms with Crippen LogP contribution in [-0.4, -0.2) is 6.71 Å². The van der Waals surface area contributed by atoms with Gasteiger partial charge in [-0.2, -0.15) is 0 Å². The van der Waals surface area contributed by atoms with Gasteiger partial charge in [-0.3, -0.25) is 0 Å². The first-order valence-corrected chi connectivity index (χ1v) is 19.5. The summed E-state index contributed by atoms with van der Waals surface area (Å²) in [6.07, 6.45) is 14.7. The van der Waals surface area contributed by atoms with E-state index < -0.39 is 0 Å². The summed E-state index contributed by atoms with van der Waals surface area (Å²) >= 11 is 0. The first-order chi connectivity index (χ1) is 25.2. The van der Waals surface area contributed by atoms with E-state index in [0.29, 0.717) is 5.92 Å². The second kappa shape index (κ2) is 11.7. The van der Waals surface area contributed by atoms with Crippen molar-refractivity contribution in [3.8, 4) is 0 Å². The molecular weight excluding hydrogens is 639 g/mol. The maximum Gasteiger partial charge on any atom is 0.252 e. The molecule has 1 unspecified atom stereocenters. The molecule has 5 aromatic carbocycles. The summed E-state index contributed by atoms with van der Waals surface area (Å²) in [7, 11) is 0. The first kappa shape index (κ1) is 33.8. The molecular formula is C50H51BN2. The maximum absolute atomic E-state index is 2.64. The maximum atomic E-state index is 2.64. The van der Waals surface area contributed by atoms with E-state index >= 15 is 0 Å². The van der Waals surface area contributed by atoms with Crippen LogP contribution in [0.15, 0.2) is 139 Å². The number of benzene rings is 5. The summed E-state index contributed by atoms with van der Waals surface area (Å²) in [5, 5.41) is 2.71. The van der Waals surface area contributed by atoms with Crippen molar-refractivity contribution in [2.24, 2.45) is 5.92 Å². The van der Waals surface area contributed by atoms with Gasteiger partial charge in [0.25, 0.3) is 6.71 Å². The largest absolute Gasteiger partial charge is 0.315 e. The van der Waals surface area contributed by atoms with Crippen molar-refractivity contribution in [3.63, 3.8) is 0 Å². The lowest BCUT2D eigenvalue weighted by Gasteiger charge is -2.46. The fourth-order valence-corrected chi connectivity index (χ4v) is 9.20. The molecule has 5 aromatic rings. The van der Waals surface area contributed by atoms with Gasteiger partial charge >= 0.3 is 0 Å². The molecule has 0 amide bonds. The lowest BCUT2D eigenvalue weighted by atomic mass is 9.32. The second-order valence-corrected chi connectivity index (χ2v) is 18.7. The third kappa shape index (κ3) is 5.38. The van der Waals surface area contributed by atoms with Crippen molar-refractivity contribution >= 4 is 62.3 Å². The third-order valence-corrected chi connectivity index (χ3v) is 12.0. The molecule has 264 valence electrons. The van der Waals surface area contributed by atoms with E-state index in [-0.39, 0.29) is 23.0 Å². The highest BCUT2D eigenvalue weighted by molar-refractivity contribution is 7.01. The van der Waals surface area contributed by atoms with Gasteiger partial charge < -0.3 is 9.80 Å². The summed E-state index contributed by atoms with van der Waals surface area (Å²) in [6, 6.07) is 35.4. The van der Waals surface area contributed by atoms with E-state index in [1.54, 1.807) is 0 Å². The minimum atomic E-state index is -0.0345. The standard InChI is InChI=1S/C50H51BN2/c1-48(2,3)34-22-26-36(27-23-34)52-42-28-24-35(49(4,5)6)30-41(42)51-46-39-18-13-12-17-38(39)40(50(7,8)9)31-45(46)53(44-20-14-19-43(52)47(44)51)37-25-21-32-15-10-11-16-33(32)29-37/h10-28,30-31,33H,29H2,1-9H3. The Labute approximate surface area is 317 Å². The quantitative estimate of drug-likeness (QED) is 0.167. The molecule has 3 heteroatoms. The SMILES string of the molecule is CC(C)(C)c1ccc(N2c3ccc(C(C)(C)C)cc3B3c4c(cccc42)N(C2=CC=C4C=CC=CC4C2)c2cc(C(C)(C)C)c4ccccc4c23)cc1. The van der Waals surface area contributed by atoms with E-state index in [1.165, 1.54) is 83.6 Å². The average molecular weight is 691 g/mol. The van der Waals surface area contributed by atoms with Crippen LogP contribution in [0.1, 0.15) is 85.4 Å². The average Bonchev–Trinajstić information content (AvgIpc) is 3.13. The van der Waals surface area contributed by atoms with Crippen molar-refractivity contribution in [3.05, 3.63) is 155 Å². The third-order valence-electron chi connectivity index (χ3n) is 12.0. The van der Waals surface area contributed by atoms with E-state index in [9.17, 15) is 0 Å². The molecule has 0 saturated heterocycles. The predicted molar refractivity (Wildman–Crippen MR) is 231 cm³/mol. The highest BCUT2D eigenvalue weighted by atomic mass is 15.2. The van der Waals surface area contributed by atoms with Crippen LogP contribution in [-0.2, 0) is 16.2 Å². The second-order valence-electron chi connectivity index (χ2n) is 18.7. The zero-order chi connectivity index (χ0) is 37.0. The van der Waals surface area contributed by atoms with E-state index in [4.69, 9.17) is 0 Å². The van der Waals surface area contributed by atoms with Crippen molar-refractivity contribution in [2.75, 3.05) is 9.80 Å². The molecule has 0 aromatic heterocycles. The van der Waals surface area contributed by atoms with Crippen LogP contribution in [0.5, 0.6) is 0 Å². The lowest BCUT2D eigenvalue weighted by molar-refractivity contribution is 0.590. The van der Waals surface area contributed by atoms with Crippen LogP contribution < -0.4 is 26.2 Å². The molecule has 2 aliphatic heterocycles. The minimum Gasteiger partial charge on any atom is -0.315 e. The van der Waals surface area contributed by atoms with Crippen LogP contribution >= 0.6 is 0 Å². The number of anilines is 5. The summed E-state index contributed by atoms with van der Waals surface area (Å²) in [4.78, 5) is 5.19. The predicted octanol–water partition coefficient (Wildman–Crippen LogP) is 11.4. The van der Waals surface area contributed by atoms with Crippen LogP contribution in [0.4, 0.5) is 28.4 Å². The van der Waals surface area contributed by atoms with Gasteiger partial charge in [-0.15, -0.1) is 0 Å². The Kier molecular flexibility index (Phi) is 7.49. The Morgan fingerprint density at radius 1 is 0.566 bits per heavy atom. The molecule has 0 N–H and O–H groups in total. The smallest absolute Gasteiger partial charge is 0.252 e. The fraction of sp³-hybridized carbons (Fsp3) is 0.280. The normalized spacial score (nSPS) is 17.6. The van der Waals surface area contributed by atoms with Gasteiger partial charge in [0.15, 0.2) is 0 Å². The molecule has 0 spiro atoms. The van der Waals surface area contributed by atoms with E-state index in [0.717, 1.165) is 6.42 Å². The highest BCUT2D eigenvalue weighted by Gasteiger charge is 2.45. The number of hydrogen-bond donors (Lipinski definition) is 0. The van der Waals surface area contributed by atoms with Crippen molar-refractivity contribution in [1.82, 2.24) is 0 Å². The summed E-state index contributed by atoms with van der Waals surface area (Å²) in [5.74, 6) is 0.371. The molecule has 2 heterocycles. The van der Waals surface area contributed by atoms with Crippen molar-refractivity contribution in [2.45, 2.75) is 85.0 Å². The van der Waals surface area contributed by atoms with Gasteiger partial charge in [0.1, 0.15) is 0 Å². The number of hydrogen-bond acceptors (Lipinski definition) is 2. The molecule has 0 saturated carbocycles. The zero-order valence-corrected chi connectivity index (χ0v) is 32.9. The molecule has 0 bridgehead atoms. The molecule has 53 heavy (non-hydrogen) atoms. The van der Waals surface area contributed by atoms with Crippen LogP contribution in [0.2, 0.25) is 0 Å². The molecule has 0 fully saturated rings. The van der Waals surface area contributed by atoms with E-state index in [1.807, 2.05) is 0 Å². The zero-order valence-electron chi connectivity index (χ0n) is 32.9. The summed E-state index contributed by atoms with van der Waals surface area (Å²) < 4.78 is 0. The summed E-state index contributed by atoms with van der Waals surface area (Å²) in [6.45, 7) is 21.1. The van der Waals surface area contributed by atoms with Crippen LogP contribution in [0, 0.1) is 5.92 Å². The first-order valence-electron chi connectivity index (χ1n) is 19.5. The Morgan fingerprint density at radius 3 is 1.94 bits per heavy atom. The number of allylic oxidation sites excluding steroid dienone is 8. The Hall–Kier alpha value is -5.02. The molecule has 4 aliphatic rings. The Morgan fingerprint density at radius 2 is 1.25 bits per heavy atom. The van der Waals surface area contributed by atoms with Gasteiger partial charge in [0.2, 0.25) is 0 Å². The number of rotatable bonds is 2. The van der Waals surface area contributed by atoms with Gasteiger partial charge in [0, 0.05) is 40.1 Å². The molecule has 2 aliphatic carbocycles. The van der Waals surface area contributed by atoms with Gasteiger partial charge in [-0.25, -0.2) is 0 Å². The molecule has 2 nitrogen and oxygen atoms in total. The fourth-order valence-electron chi connectivity index (χ4n) is 9.20. The number of nitrogens with zero attached hydrogens (tertiary/aromatic N) is 2. The van der Waals surface area contributed by atoms with Gasteiger partial charge in [-0.05, 0) is 115 Å². The Bertz CT molecular complexity index is 2440. The highest BCUT2D eigenvalue weighted by Crippen LogP contribution is 2.47. The number of fused-ring (bicyclic) bond motifs is 7. The van der Waals surface area contributed by atoms with Crippen LogP contribution in [0.3, 0.4) is 0 Å². The minimum absolute atomic E-state index is 0.00855. The molecule has 1 atom stereocenters. The Balaban J connectivity index is 1.39. The van der Waals surface area contributed by atoms with Gasteiger partial charge in [-0.1, -0.05) is 147 Å². The topological polar surface area (TPSA) is 6.48 Å². The van der Waals surface area contributed by atoms with Gasteiger partial charge in [0.05, 0.1) is 0 Å².